The second-order valence-corrected chi connectivity index (χ2v) is 6.40. The van der Waals surface area contributed by atoms with Gasteiger partial charge in [0.25, 0.3) is 0 Å². The fourth-order valence-corrected chi connectivity index (χ4v) is 2.28. The van der Waals surface area contributed by atoms with Gasteiger partial charge in [-0.25, -0.2) is 0 Å². The quantitative estimate of drug-likeness (QED) is 0.361. The van der Waals surface area contributed by atoms with Crippen LogP contribution < -0.4 is 10.6 Å². The predicted molar refractivity (Wildman–Crippen MR) is 106 cm³/mol. The van der Waals surface area contributed by atoms with Crippen molar-refractivity contribution in [1.29, 1.82) is 0 Å². The van der Waals surface area contributed by atoms with Crippen molar-refractivity contribution in [1.82, 2.24) is 10.6 Å². The molecule has 1 unspecified atom stereocenters. The summed E-state index contributed by atoms with van der Waals surface area (Å²) in [6.07, 6.45) is 5.04. The van der Waals surface area contributed by atoms with Gasteiger partial charge in [0.1, 0.15) is 5.76 Å². The van der Waals surface area contributed by atoms with Gasteiger partial charge in [0, 0.05) is 33.2 Å². The largest absolute Gasteiger partial charge is 0.469 e. The van der Waals surface area contributed by atoms with Gasteiger partial charge in [-0.15, -0.1) is 24.0 Å². The monoisotopic (exact) mass is 451 g/mol. The molecule has 24 heavy (non-hydrogen) atoms. The van der Waals surface area contributed by atoms with Crippen molar-refractivity contribution in [2.75, 3.05) is 33.4 Å². The average molecular weight is 451 g/mol. The highest BCUT2D eigenvalue weighted by atomic mass is 127. The van der Waals surface area contributed by atoms with Gasteiger partial charge in [0.05, 0.1) is 24.5 Å². The fourth-order valence-electron chi connectivity index (χ4n) is 2.28. The zero-order chi connectivity index (χ0) is 16.5. The number of aliphatic imine (C=N–C) groups is 1. The van der Waals surface area contributed by atoms with E-state index in [0.717, 1.165) is 50.7 Å². The Balaban J connectivity index is 0.00000288. The molecule has 0 saturated carbocycles. The number of nitrogens with one attached hydrogen (secondary N) is 2. The van der Waals surface area contributed by atoms with Crippen LogP contribution in [0.1, 0.15) is 32.4 Å². The van der Waals surface area contributed by atoms with Crippen LogP contribution in [0.3, 0.4) is 0 Å². The third kappa shape index (κ3) is 7.85. The van der Waals surface area contributed by atoms with Crippen LogP contribution in [0.15, 0.2) is 27.8 Å². The predicted octanol–water partition coefficient (Wildman–Crippen LogP) is 2.58. The first-order valence-corrected chi connectivity index (χ1v) is 8.30. The summed E-state index contributed by atoms with van der Waals surface area (Å²) in [5.41, 5.74) is -0.278. The molecule has 7 heteroatoms. The lowest BCUT2D eigenvalue weighted by molar-refractivity contribution is 0.0310. The Morgan fingerprint density at radius 2 is 2.25 bits per heavy atom. The van der Waals surface area contributed by atoms with Crippen LogP contribution in [0.5, 0.6) is 0 Å². The minimum Gasteiger partial charge on any atom is -0.469 e. The first kappa shape index (κ1) is 21.2. The van der Waals surface area contributed by atoms with E-state index in [4.69, 9.17) is 13.9 Å². The molecular weight excluding hydrogens is 421 g/mol. The second-order valence-electron chi connectivity index (χ2n) is 6.40. The van der Waals surface area contributed by atoms with Crippen molar-refractivity contribution in [3.8, 4) is 0 Å². The van der Waals surface area contributed by atoms with Gasteiger partial charge in [-0.05, 0) is 38.8 Å². The summed E-state index contributed by atoms with van der Waals surface area (Å²) in [6.45, 7) is 7.04. The summed E-state index contributed by atoms with van der Waals surface area (Å²) < 4.78 is 16.4. The van der Waals surface area contributed by atoms with E-state index in [-0.39, 0.29) is 35.7 Å². The van der Waals surface area contributed by atoms with Crippen LogP contribution in [0, 0.1) is 0 Å². The van der Waals surface area contributed by atoms with Gasteiger partial charge < -0.3 is 24.5 Å². The van der Waals surface area contributed by atoms with Crippen molar-refractivity contribution >= 4 is 29.9 Å². The fraction of sp³-hybridized carbons (Fsp3) is 0.706. The number of hydrogen-bond donors (Lipinski definition) is 2. The summed E-state index contributed by atoms with van der Waals surface area (Å²) in [6, 6.07) is 3.88. The average Bonchev–Trinajstić information content (AvgIpc) is 3.23. The van der Waals surface area contributed by atoms with Gasteiger partial charge in [-0.3, -0.25) is 4.99 Å². The molecule has 0 spiro atoms. The second kappa shape index (κ2) is 10.9. The Kier molecular flexibility index (Phi) is 9.68. The molecule has 1 aromatic heterocycles. The van der Waals surface area contributed by atoms with Gasteiger partial charge in [0.2, 0.25) is 0 Å². The highest BCUT2D eigenvalue weighted by Crippen LogP contribution is 2.11. The van der Waals surface area contributed by atoms with E-state index in [1.54, 1.807) is 13.4 Å². The lowest BCUT2D eigenvalue weighted by Crippen LogP contribution is -2.43. The normalized spacial score (nSPS) is 18.3. The van der Waals surface area contributed by atoms with Crippen molar-refractivity contribution in [2.24, 2.45) is 4.99 Å². The Bertz CT molecular complexity index is 471. The standard InChI is InChI=1S/C17H29N3O3.HI/c1-17(2,21-3)13-20-16(19-12-15-7-5-11-23-15)18-9-8-14-6-4-10-22-14;/h4,6,10,15H,5,7-9,11-13H2,1-3H3,(H2,18,19,20);1H. The number of guanidine groups is 1. The van der Waals surface area contributed by atoms with Crippen molar-refractivity contribution < 1.29 is 13.9 Å². The molecule has 2 rings (SSSR count). The Hall–Kier alpha value is -0.800. The molecule has 138 valence electrons. The summed E-state index contributed by atoms with van der Waals surface area (Å²) >= 11 is 0. The zero-order valence-electron chi connectivity index (χ0n) is 14.8. The van der Waals surface area contributed by atoms with E-state index < -0.39 is 0 Å². The maximum Gasteiger partial charge on any atom is 0.191 e. The van der Waals surface area contributed by atoms with E-state index in [2.05, 4.69) is 15.6 Å². The molecule has 1 saturated heterocycles. The highest BCUT2D eigenvalue weighted by Gasteiger charge is 2.18. The number of ether oxygens (including phenoxy) is 2. The maximum atomic E-state index is 5.65. The van der Waals surface area contributed by atoms with Gasteiger partial charge >= 0.3 is 0 Å². The number of halogens is 1. The Morgan fingerprint density at radius 1 is 1.42 bits per heavy atom. The van der Waals surface area contributed by atoms with Crippen LogP contribution in [0.2, 0.25) is 0 Å². The molecule has 1 aliphatic rings. The van der Waals surface area contributed by atoms with Crippen molar-refractivity contribution in [3.63, 3.8) is 0 Å². The van der Waals surface area contributed by atoms with E-state index >= 15 is 0 Å². The Morgan fingerprint density at radius 3 is 2.88 bits per heavy atom. The van der Waals surface area contributed by atoms with Crippen LogP contribution in [0.4, 0.5) is 0 Å². The summed E-state index contributed by atoms with van der Waals surface area (Å²) in [5.74, 6) is 1.75. The zero-order valence-corrected chi connectivity index (χ0v) is 17.2. The van der Waals surface area contributed by atoms with E-state index in [0.29, 0.717) is 6.54 Å². The lowest BCUT2D eigenvalue weighted by atomic mass is 10.1. The molecule has 1 fully saturated rings. The molecule has 1 aliphatic heterocycles. The molecule has 6 nitrogen and oxygen atoms in total. The summed E-state index contributed by atoms with van der Waals surface area (Å²) in [5, 5.41) is 6.71. The third-order valence-corrected chi connectivity index (χ3v) is 3.94. The van der Waals surface area contributed by atoms with Gasteiger partial charge in [-0.2, -0.15) is 0 Å². The molecule has 2 N–H and O–H groups in total. The molecule has 0 amide bonds. The molecule has 0 aliphatic carbocycles. The van der Waals surface area contributed by atoms with Gasteiger partial charge in [-0.1, -0.05) is 0 Å². The topological polar surface area (TPSA) is 68.0 Å². The lowest BCUT2D eigenvalue weighted by Gasteiger charge is -2.22. The minimum atomic E-state index is -0.278. The SMILES string of the molecule is COC(C)(C)CN=C(NCCc1ccco1)NCC1CCCO1.I. The molecular formula is C17H30IN3O3. The molecule has 1 atom stereocenters. The number of nitrogens with zero attached hydrogens (tertiary/aromatic N) is 1. The summed E-state index contributed by atoms with van der Waals surface area (Å²) in [4.78, 5) is 4.63. The number of hydrogen-bond acceptors (Lipinski definition) is 4. The van der Waals surface area contributed by atoms with Gasteiger partial charge in [0.15, 0.2) is 5.96 Å². The number of furan rings is 1. The number of rotatable bonds is 8. The van der Waals surface area contributed by atoms with Crippen LogP contribution in [-0.2, 0) is 15.9 Å². The van der Waals surface area contributed by atoms with E-state index in [1.807, 2.05) is 26.0 Å². The first-order chi connectivity index (χ1) is 11.1. The molecule has 0 bridgehead atoms. The van der Waals surface area contributed by atoms with E-state index in [1.165, 1.54) is 0 Å². The van der Waals surface area contributed by atoms with Crippen LogP contribution >= 0.6 is 24.0 Å². The molecule has 2 heterocycles. The molecule has 0 aromatic carbocycles. The van der Waals surface area contributed by atoms with Crippen LogP contribution in [-0.4, -0.2) is 51.0 Å². The first-order valence-electron chi connectivity index (χ1n) is 8.30. The van der Waals surface area contributed by atoms with Crippen molar-refractivity contribution in [3.05, 3.63) is 24.2 Å². The van der Waals surface area contributed by atoms with Crippen LogP contribution in [0.25, 0.3) is 0 Å². The smallest absolute Gasteiger partial charge is 0.191 e. The van der Waals surface area contributed by atoms with Crippen molar-refractivity contribution in [2.45, 2.75) is 44.8 Å². The van der Waals surface area contributed by atoms with E-state index in [9.17, 15) is 0 Å². The Labute approximate surface area is 161 Å². The third-order valence-electron chi connectivity index (χ3n) is 3.94. The number of methoxy groups -OCH3 is 1. The molecule has 0 radical (unpaired) electrons. The minimum absolute atomic E-state index is 0. The molecule has 1 aromatic rings. The summed E-state index contributed by atoms with van der Waals surface area (Å²) in [7, 11) is 1.71. The highest BCUT2D eigenvalue weighted by molar-refractivity contribution is 14.0. The maximum absolute atomic E-state index is 5.65.